The molecule has 3 heterocycles. The summed E-state index contributed by atoms with van der Waals surface area (Å²) in [5.74, 6) is 0.944. The second-order valence-electron chi connectivity index (χ2n) is 7.12. The lowest BCUT2D eigenvalue weighted by molar-refractivity contribution is 0.110. The summed E-state index contributed by atoms with van der Waals surface area (Å²) in [7, 11) is 0. The Kier molecular flexibility index (Phi) is 5.66. The lowest BCUT2D eigenvalue weighted by Gasteiger charge is -2.37. The molecular weight excluding hydrogens is 354 g/mol. The van der Waals surface area contributed by atoms with Crippen LogP contribution in [0.3, 0.4) is 0 Å². The van der Waals surface area contributed by atoms with E-state index in [4.69, 9.17) is 0 Å². The van der Waals surface area contributed by atoms with Crippen LogP contribution >= 0.6 is 11.3 Å². The van der Waals surface area contributed by atoms with E-state index >= 15 is 0 Å². The van der Waals surface area contributed by atoms with E-state index in [9.17, 15) is 0 Å². The van der Waals surface area contributed by atoms with E-state index in [0.29, 0.717) is 6.04 Å². The highest BCUT2D eigenvalue weighted by atomic mass is 32.1. The van der Waals surface area contributed by atoms with Crippen molar-refractivity contribution in [1.29, 1.82) is 0 Å². The lowest BCUT2D eigenvalue weighted by atomic mass is 10.1. The van der Waals surface area contributed by atoms with Gasteiger partial charge in [-0.15, -0.1) is 11.3 Å². The van der Waals surface area contributed by atoms with E-state index in [1.54, 1.807) is 17.7 Å². The summed E-state index contributed by atoms with van der Waals surface area (Å²) < 4.78 is 0. The highest BCUT2D eigenvalue weighted by Gasteiger charge is 2.20. The van der Waals surface area contributed by atoms with E-state index in [0.717, 1.165) is 42.2 Å². The number of aromatic nitrogens is 2. The number of benzene rings is 1. The Morgan fingerprint density at radius 3 is 2.63 bits per heavy atom. The number of rotatable bonds is 6. The molecule has 1 aliphatic rings. The van der Waals surface area contributed by atoms with Crippen molar-refractivity contribution in [3.8, 4) is 11.1 Å². The van der Waals surface area contributed by atoms with Crippen LogP contribution in [0, 0.1) is 0 Å². The fourth-order valence-corrected chi connectivity index (χ4v) is 4.65. The van der Waals surface area contributed by atoms with Crippen molar-refractivity contribution in [2.45, 2.75) is 19.9 Å². The van der Waals surface area contributed by atoms with Crippen LogP contribution < -0.4 is 5.32 Å². The number of hydrogen-bond acceptors (Lipinski definition) is 6. The maximum absolute atomic E-state index is 4.57. The third kappa shape index (κ3) is 3.98. The molecule has 3 aromatic rings. The van der Waals surface area contributed by atoms with Crippen molar-refractivity contribution in [2.24, 2.45) is 0 Å². The van der Waals surface area contributed by atoms with Gasteiger partial charge in [-0.2, -0.15) is 0 Å². The van der Waals surface area contributed by atoms with E-state index < -0.39 is 0 Å². The maximum Gasteiger partial charge on any atom is 0.138 e. The summed E-state index contributed by atoms with van der Waals surface area (Å²) in [6.45, 7) is 11.2. The predicted molar refractivity (Wildman–Crippen MR) is 114 cm³/mol. The van der Waals surface area contributed by atoms with Crippen LogP contribution in [0.1, 0.15) is 13.8 Å². The molecule has 0 unspecified atom stereocenters. The average molecular weight is 382 g/mol. The molecule has 1 aromatic carbocycles. The topological polar surface area (TPSA) is 44.3 Å². The van der Waals surface area contributed by atoms with E-state index in [-0.39, 0.29) is 0 Å². The van der Waals surface area contributed by atoms with Crippen LogP contribution in [0.4, 0.5) is 5.82 Å². The normalized spacial score (nSPS) is 17.3. The Balaban J connectivity index is 1.50. The Morgan fingerprint density at radius 1 is 1.11 bits per heavy atom. The zero-order valence-electron chi connectivity index (χ0n) is 16.1. The fraction of sp³-hybridized carbons (Fsp3) is 0.429. The minimum atomic E-state index is 0.479. The number of fused-ring (bicyclic) bond motifs is 1. The summed E-state index contributed by atoms with van der Waals surface area (Å²) >= 11 is 1.68. The van der Waals surface area contributed by atoms with Gasteiger partial charge in [0.2, 0.25) is 0 Å². The van der Waals surface area contributed by atoms with Crippen molar-refractivity contribution in [1.82, 2.24) is 19.8 Å². The van der Waals surface area contributed by atoms with Crippen LogP contribution in [0.15, 0.2) is 42.0 Å². The van der Waals surface area contributed by atoms with Crippen LogP contribution in [0.25, 0.3) is 21.3 Å². The lowest BCUT2D eigenvalue weighted by Crippen LogP contribution is -2.51. The van der Waals surface area contributed by atoms with E-state index in [2.05, 4.69) is 68.6 Å². The molecule has 4 rings (SSSR count). The molecule has 1 N–H and O–H groups in total. The van der Waals surface area contributed by atoms with Crippen molar-refractivity contribution >= 4 is 27.4 Å². The van der Waals surface area contributed by atoms with Gasteiger partial charge >= 0.3 is 0 Å². The SMILES string of the molecule is CCN1CCN([C@H](C)CNc2ncnc3scc(-c4ccccc4)c23)CC1. The van der Waals surface area contributed by atoms with Crippen molar-refractivity contribution in [2.75, 3.05) is 44.6 Å². The number of anilines is 1. The van der Waals surface area contributed by atoms with Crippen molar-refractivity contribution in [3.05, 3.63) is 42.0 Å². The highest BCUT2D eigenvalue weighted by molar-refractivity contribution is 7.17. The molecule has 5 nitrogen and oxygen atoms in total. The van der Waals surface area contributed by atoms with Gasteiger partial charge in [0, 0.05) is 49.7 Å². The number of thiophene rings is 1. The van der Waals surface area contributed by atoms with Crippen molar-refractivity contribution in [3.63, 3.8) is 0 Å². The number of nitrogens with zero attached hydrogens (tertiary/aromatic N) is 4. The number of likely N-dealkylation sites (N-methyl/N-ethyl adjacent to an activating group) is 1. The molecule has 0 aliphatic carbocycles. The van der Waals surface area contributed by atoms with Crippen LogP contribution in [0.2, 0.25) is 0 Å². The van der Waals surface area contributed by atoms with Gasteiger partial charge < -0.3 is 10.2 Å². The molecule has 0 saturated carbocycles. The Labute approximate surface area is 165 Å². The molecule has 27 heavy (non-hydrogen) atoms. The molecule has 1 atom stereocenters. The first-order valence-electron chi connectivity index (χ1n) is 9.74. The summed E-state index contributed by atoms with van der Waals surface area (Å²) in [4.78, 5) is 15.2. The molecule has 0 radical (unpaired) electrons. The monoisotopic (exact) mass is 381 g/mol. The second kappa shape index (κ2) is 8.33. The summed E-state index contributed by atoms with van der Waals surface area (Å²) in [5, 5.41) is 6.93. The molecule has 0 spiro atoms. The van der Waals surface area contributed by atoms with Gasteiger partial charge in [0.1, 0.15) is 17.0 Å². The zero-order valence-corrected chi connectivity index (χ0v) is 16.9. The smallest absolute Gasteiger partial charge is 0.138 e. The molecule has 1 aliphatic heterocycles. The minimum Gasteiger partial charge on any atom is -0.368 e. The first-order chi connectivity index (χ1) is 13.3. The summed E-state index contributed by atoms with van der Waals surface area (Å²) in [5.41, 5.74) is 2.42. The van der Waals surface area contributed by atoms with Crippen LogP contribution in [-0.4, -0.2) is 65.1 Å². The summed E-state index contributed by atoms with van der Waals surface area (Å²) in [6, 6.07) is 11.0. The third-order valence-electron chi connectivity index (χ3n) is 5.50. The van der Waals surface area contributed by atoms with Gasteiger partial charge in [-0.05, 0) is 19.0 Å². The standard InChI is InChI=1S/C21H27N5S/c1-3-25-9-11-26(12-10-25)16(2)13-22-20-19-18(17-7-5-4-6-8-17)14-27-21(19)24-15-23-20/h4-8,14-16H,3,9-13H2,1-2H3,(H,22,23,24)/t16-/m1/s1. The quantitative estimate of drug-likeness (QED) is 0.704. The van der Waals surface area contributed by atoms with Gasteiger partial charge in [-0.3, -0.25) is 4.90 Å². The van der Waals surface area contributed by atoms with E-state index in [1.165, 1.54) is 24.2 Å². The molecule has 0 amide bonds. The van der Waals surface area contributed by atoms with Gasteiger partial charge in [-0.1, -0.05) is 37.3 Å². The molecule has 2 aromatic heterocycles. The van der Waals surface area contributed by atoms with Gasteiger partial charge in [0.25, 0.3) is 0 Å². The van der Waals surface area contributed by atoms with Gasteiger partial charge in [0.05, 0.1) is 5.39 Å². The molecule has 1 saturated heterocycles. The average Bonchev–Trinajstić information content (AvgIpc) is 3.17. The Morgan fingerprint density at radius 2 is 1.89 bits per heavy atom. The number of nitrogens with one attached hydrogen (secondary N) is 1. The molecule has 6 heteroatoms. The van der Waals surface area contributed by atoms with Crippen LogP contribution in [-0.2, 0) is 0 Å². The van der Waals surface area contributed by atoms with Gasteiger partial charge in [0.15, 0.2) is 0 Å². The largest absolute Gasteiger partial charge is 0.368 e. The van der Waals surface area contributed by atoms with Gasteiger partial charge in [-0.25, -0.2) is 9.97 Å². The van der Waals surface area contributed by atoms with E-state index in [1.807, 2.05) is 6.07 Å². The summed E-state index contributed by atoms with van der Waals surface area (Å²) in [6.07, 6.45) is 1.67. The predicted octanol–water partition coefficient (Wildman–Crippen LogP) is 3.80. The Hall–Kier alpha value is -2.02. The third-order valence-corrected chi connectivity index (χ3v) is 6.38. The first kappa shape index (κ1) is 18.3. The molecule has 0 bridgehead atoms. The maximum atomic E-state index is 4.57. The molecule has 142 valence electrons. The molecule has 1 fully saturated rings. The highest BCUT2D eigenvalue weighted by Crippen LogP contribution is 2.36. The fourth-order valence-electron chi connectivity index (χ4n) is 3.73. The minimum absolute atomic E-state index is 0.479. The second-order valence-corrected chi connectivity index (χ2v) is 7.98. The van der Waals surface area contributed by atoms with Crippen molar-refractivity contribution < 1.29 is 0 Å². The Bertz CT molecular complexity index is 871. The number of hydrogen-bond donors (Lipinski definition) is 1. The number of piperazine rings is 1. The molecular formula is C21H27N5S. The first-order valence-corrected chi connectivity index (χ1v) is 10.6. The van der Waals surface area contributed by atoms with Crippen LogP contribution in [0.5, 0.6) is 0 Å². The zero-order chi connectivity index (χ0) is 18.6.